The van der Waals surface area contributed by atoms with E-state index in [9.17, 15) is 4.79 Å². The van der Waals surface area contributed by atoms with Crippen LogP contribution in [0.2, 0.25) is 0 Å². The van der Waals surface area contributed by atoms with Crippen molar-refractivity contribution in [1.29, 1.82) is 0 Å². The van der Waals surface area contributed by atoms with Crippen molar-refractivity contribution in [1.82, 2.24) is 15.2 Å². The Morgan fingerprint density at radius 3 is 2.96 bits per heavy atom. The summed E-state index contributed by atoms with van der Waals surface area (Å²) in [5, 5.41) is 3.12. The Morgan fingerprint density at radius 1 is 1.14 bits per heavy atom. The second-order valence-electron chi connectivity index (χ2n) is 7.49. The highest BCUT2D eigenvalue weighted by atomic mass is 16.5. The normalized spacial score (nSPS) is 23.9. The molecule has 2 aliphatic rings. The van der Waals surface area contributed by atoms with Gasteiger partial charge in [0.05, 0.1) is 12.1 Å². The molecular weight excluding hydrogens is 354 g/mol. The van der Waals surface area contributed by atoms with Gasteiger partial charge in [-0.1, -0.05) is 24.3 Å². The van der Waals surface area contributed by atoms with E-state index in [-0.39, 0.29) is 24.7 Å². The Hall–Kier alpha value is -2.44. The van der Waals surface area contributed by atoms with Gasteiger partial charge in [-0.15, -0.1) is 0 Å². The monoisotopic (exact) mass is 381 g/mol. The highest BCUT2D eigenvalue weighted by molar-refractivity contribution is 5.78. The van der Waals surface area contributed by atoms with Crippen molar-refractivity contribution >= 4 is 5.91 Å². The number of aromatic nitrogens is 1. The topological polar surface area (TPSA) is 63.7 Å². The minimum absolute atomic E-state index is 0.00347. The molecule has 0 spiro atoms. The van der Waals surface area contributed by atoms with E-state index in [1.165, 1.54) is 5.56 Å². The zero-order valence-corrected chi connectivity index (χ0v) is 16.0. The van der Waals surface area contributed by atoms with Gasteiger partial charge in [-0.05, 0) is 42.5 Å². The molecule has 0 saturated carbocycles. The molecule has 1 saturated heterocycles. The molecule has 6 nitrogen and oxygen atoms in total. The number of carbonyl (C=O) groups is 1. The van der Waals surface area contributed by atoms with Crippen molar-refractivity contribution in [2.45, 2.75) is 38.0 Å². The minimum Gasteiger partial charge on any atom is -0.483 e. The van der Waals surface area contributed by atoms with Gasteiger partial charge < -0.3 is 14.8 Å². The molecule has 3 heterocycles. The number of hydrogen-bond donors (Lipinski definition) is 1. The van der Waals surface area contributed by atoms with E-state index in [0.717, 1.165) is 50.2 Å². The zero-order chi connectivity index (χ0) is 19.2. The lowest BCUT2D eigenvalue weighted by molar-refractivity contribution is -0.124. The molecule has 4 rings (SSSR count). The number of para-hydroxylation sites is 1. The Balaban J connectivity index is 1.41. The summed E-state index contributed by atoms with van der Waals surface area (Å²) in [5.41, 5.74) is 2.32. The molecule has 2 aliphatic heterocycles. The van der Waals surface area contributed by atoms with Gasteiger partial charge in [0.2, 0.25) is 0 Å². The number of nitrogens with one attached hydrogen (secondary N) is 1. The third kappa shape index (κ3) is 4.88. The summed E-state index contributed by atoms with van der Waals surface area (Å²) in [6, 6.07) is 12.0. The molecule has 2 atom stereocenters. The van der Waals surface area contributed by atoms with Gasteiger partial charge in [-0.25, -0.2) is 0 Å². The largest absolute Gasteiger partial charge is 0.483 e. The quantitative estimate of drug-likeness (QED) is 0.864. The van der Waals surface area contributed by atoms with Gasteiger partial charge in [0, 0.05) is 38.6 Å². The molecule has 1 fully saturated rings. The number of benzene rings is 1. The summed E-state index contributed by atoms with van der Waals surface area (Å²) in [4.78, 5) is 19.0. The van der Waals surface area contributed by atoms with Gasteiger partial charge in [0.1, 0.15) is 5.75 Å². The van der Waals surface area contributed by atoms with Crippen LogP contribution in [0.25, 0.3) is 0 Å². The number of likely N-dealkylation sites (tertiary alicyclic amines) is 1. The summed E-state index contributed by atoms with van der Waals surface area (Å²) in [6.45, 7) is 3.12. The summed E-state index contributed by atoms with van der Waals surface area (Å²) < 4.78 is 12.0. The average molecular weight is 381 g/mol. The SMILES string of the molecule is O=C1COc2ccccc2CCCCO[C@@H]2CN(Cc3cccnc3)C[C@H]2N1. The predicted octanol–water partition coefficient (Wildman–Crippen LogP) is 2.18. The van der Waals surface area contributed by atoms with Crippen LogP contribution in [-0.2, 0) is 22.5 Å². The predicted molar refractivity (Wildman–Crippen MR) is 106 cm³/mol. The number of rotatable bonds is 2. The first-order chi connectivity index (χ1) is 13.8. The van der Waals surface area contributed by atoms with Crippen LogP contribution in [0.4, 0.5) is 0 Å². The highest BCUT2D eigenvalue weighted by Crippen LogP contribution is 2.22. The third-order valence-corrected chi connectivity index (χ3v) is 5.32. The first-order valence-electron chi connectivity index (χ1n) is 10.0. The third-order valence-electron chi connectivity index (χ3n) is 5.32. The number of aryl methyl sites for hydroxylation is 1. The van der Waals surface area contributed by atoms with E-state index < -0.39 is 0 Å². The standard InChI is InChI=1S/C22H27N3O3/c26-22-16-28-20-9-2-1-7-18(20)8-3-4-11-27-21-15-25(14-19(21)24-22)13-17-6-5-10-23-12-17/h1-2,5-7,9-10,12,19,21H,3-4,8,11,13-16H2,(H,24,26)/t19-,21-/m1/s1. The van der Waals surface area contributed by atoms with E-state index in [2.05, 4.69) is 27.3 Å². The lowest BCUT2D eigenvalue weighted by atomic mass is 10.1. The fraction of sp³-hybridized carbons (Fsp3) is 0.455. The lowest BCUT2D eigenvalue weighted by Crippen LogP contribution is -2.45. The van der Waals surface area contributed by atoms with E-state index in [1.807, 2.05) is 30.5 Å². The molecular formula is C22H27N3O3. The van der Waals surface area contributed by atoms with Crippen molar-refractivity contribution in [3.05, 3.63) is 59.9 Å². The Morgan fingerprint density at radius 2 is 2.07 bits per heavy atom. The maximum Gasteiger partial charge on any atom is 0.258 e. The average Bonchev–Trinajstić information content (AvgIpc) is 3.08. The van der Waals surface area contributed by atoms with Crippen LogP contribution in [0.3, 0.4) is 0 Å². The van der Waals surface area contributed by atoms with Crippen LogP contribution in [0.5, 0.6) is 5.75 Å². The highest BCUT2D eigenvalue weighted by Gasteiger charge is 2.34. The molecule has 1 N–H and O–H groups in total. The Bertz CT molecular complexity index is 784. The first-order valence-corrected chi connectivity index (χ1v) is 10.0. The second kappa shape index (κ2) is 9.17. The van der Waals surface area contributed by atoms with E-state index >= 15 is 0 Å². The van der Waals surface area contributed by atoms with Gasteiger partial charge in [0.25, 0.3) is 5.91 Å². The number of fused-ring (bicyclic) bond motifs is 2. The first kappa shape index (κ1) is 18.9. The molecule has 1 aromatic heterocycles. The smallest absolute Gasteiger partial charge is 0.258 e. The maximum atomic E-state index is 12.5. The van der Waals surface area contributed by atoms with E-state index in [0.29, 0.717) is 6.61 Å². The van der Waals surface area contributed by atoms with Gasteiger partial charge >= 0.3 is 0 Å². The molecule has 0 aliphatic carbocycles. The summed E-state index contributed by atoms with van der Waals surface area (Å²) in [6.07, 6.45) is 6.64. The number of hydrogen-bond acceptors (Lipinski definition) is 5. The summed E-state index contributed by atoms with van der Waals surface area (Å²) >= 11 is 0. The number of pyridine rings is 1. The number of carbonyl (C=O) groups excluding carboxylic acids is 1. The van der Waals surface area contributed by atoms with Crippen LogP contribution < -0.4 is 10.1 Å². The van der Waals surface area contributed by atoms with Crippen molar-refractivity contribution in [3.63, 3.8) is 0 Å². The van der Waals surface area contributed by atoms with Crippen LogP contribution in [-0.4, -0.2) is 54.2 Å². The van der Waals surface area contributed by atoms with Gasteiger partial charge in [-0.3, -0.25) is 14.7 Å². The molecule has 2 aromatic rings. The molecule has 28 heavy (non-hydrogen) atoms. The fourth-order valence-corrected chi connectivity index (χ4v) is 3.93. The minimum atomic E-state index is -0.101. The number of ether oxygens (including phenoxy) is 2. The molecule has 1 amide bonds. The molecule has 6 heteroatoms. The Labute approximate surface area is 165 Å². The summed E-state index contributed by atoms with van der Waals surface area (Å²) in [5.74, 6) is 0.704. The molecule has 0 unspecified atom stereocenters. The number of amides is 1. The van der Waals surface area contributed by atoms with Gasteiger partial charge in [-0.2, -0.15) is 0 Å². The maximum absolute atomic E-state index is 12.5. The number of nitrogens with zero attached hydrogens (tertiary/aromatic N) is 2. The van der Waals surface area contributed by atoms with Crippen LogP contribution in [0, 0.1) is 0 Å². The fourth-order valence-electron chi connectivity index (χ4n) is 3.93. The lowest BCUT2D eigenvalue weighted by Gasteiger charge is -2.20. The second-order valence-corrected chi connectivity index (χ2v) is 7.49. The van der Waals surface area contributed by atoms with Gasteiger partial charge in [0.15, 0.2) is 6.61 Å². The molecule has 1 aromatic carbocycles. The van der Waals surface area contributed by atoms with Crippen LogP contribution in [0.15, 0.2) is 48.8 Å². The van der Waals surface area contributed by atoms with E-state index in [4.69, 9.17) is 9.47 Å². The molecule has 148 valence electrons. The summed E-state index contributed by atoms with van der Waals surface area (Å²) in [7, 11) is 0. The molecule has 0 radical (unpaired) electrons. The van der Waals surface area contributed by atoms with Crippen LogP contribution in [0.1, 0.15) is 24.0 Å². The zero-order valence-electron chi connectivity index (χ0n) is 16.0. The van der Waals surface area contributed by atoms with Crippen molar-refractivity contribution in [2.24, 2.45) is 0 Å². The molecule has 0 bridgehead atoms. The van der Waals surface area contributed by atoms with Crippen molar-refractivity contribution < 1.29 is 14.3 Å². The van der Waals surface area contributed by atoms with E-state index in [1.54, 1.807) is 6.20 Å². The Kier molecular flexibility index (Phi) is 6.19. The van der Waals surface area contributed by atoms with Crippen molar-refractivity contribution in [3.8, 4) is 5.75 Å². The van der Waals surface area contributed by atoms with Crippen molar-refractivity contribution in [2.75, 3.05) is 26.3 Å². The van der Waals surface area contributed by atoms with Crippen LogP contribution >= 0.6 is 0 Å².